The molecule has 0 radical (unpaired) electrons. The van der Waals surface area contributed by atoms with E-state index >= 15 is 0 Å². The molecule has 1 N–H and O–H groups in total. The summed E-state index contributed by atoms with van der Waals surface area (Å²) in [4.78, 5) is 10.7. The van der Waals surface area contributed by atoms with Crippen LogP contribution in [0.2, 0.25) is 0 Å². The van der Waals surface area contributed by atoms with Gasteiger partial charge in [0.15, 0.2) is 0 Å². The third kappa shape index (κ3) is 5.73. The Kier molecular flexibility index (Phi) is 7.08. The average Bonchev–Trinajstić information content (AvgIpc) is 2.77. The highest BCUT2D eigenvalue weighted by molar-refractivity contribution is 7.48. The van der Waals surface area contributed by atoms with Crippen LogP contribution in [0, 0.1) is 13.8 Å². The normalized spacial score (nSPS) is 18.7. The van der Waals surface area contributed by atoms with Gasteiger partial charge in [0.05, 0.1) is 0 Å². The molecule has 0 aliphatic heterocycles. The molecule has 0 spiro atoms. The summed E-state index contributed by atoms with van der Waals surface area (Å²) >= 11 is 0. The molecule has 0 heterocycles. The molecule has 0 aromatic heterocycles. The second-order valence-electron chi connectivity index (χ2n) is 9.40. The second kappa shape index (κ2) is 9.79. The third-order valence-electron chi connectivity index (χ3n) is 6.85. The maximum Gasteiger partial charge on any atom is 0.584 e. The van der Waals surface area contributed by atoms with Gasteiger partial charge in [0.2, 0.25) is 0 Å². The van der Waals surface area contributed by atoms with Gasteiger partial charge in [-0.15, -0.1) is 0 Å². The molecule has 0 bridgehead atoms. The molecular formula is C26H35O4P. The van der Waals surface area contributed by atoms with Gasteiger partial charge in [-0.25, -0.2) is 4.57 Å². The smallest absolute Gasteiger partial charge is 0.395 e. The maximum absolute atomic E-state index is 13.1. The Bertz CT molecular complexity index is 869. The summed E-state index contributed by atoms with van der Waals surface area (Å²) in [6.07, 6.45) is 11.7. The van der Waals surface area contributed by atoms with Crippen molar-refractivity contribution in [3.63, 3.8) is 0 Å². The van der Waals surface area contributed by atoms with Gasteiger partial charge in [-0.1, -0.05) is 73.9 Å². The minimum absolute atomic E-state index is 0.376. The Labute approximate surface area is 186 Å². The lowest BCUT2D eigenvalue weighted by Crippen LogP contribution is -2.10. The summed E-state index contributed by atoms with van der Waals surface area (Å²) in [5, 5.41) is 0. The van der Waals surface area contributed by atoms with Crippen LogP contribution in [-0.2, 0) is 4.57 Å². The van der Waals surface area contributed by atoms with E-state index in [1.807, 2.05) is 38.1 Å². The number of phosphoric ester groups is 1. The lowest BCUT2D eigenvalue weighted by atomic mass is 9.83. The quantitative estimate of drug-likeness (QED) is 0.461. The van der Waals surface area contributed by atoms with Crippen LogP contribution in [0.25, 0.3) is 0 Å². The van der Waals surface area contributed by atoms with Crippen LogP contribution < -0.4 is 9.05 Å². The lowest BCUT2D eigenvalue weighted by molar-refractivity contribution is 0.285. The molecule has 0 atom stereocenters. The Balaban J connectivity index is 1.57. The molecule has 0 amide bonds. The predicted octanol–water partition coefficient (Wildman–Crippen LogP) is 7.96. The first-order valence-electron chi connectivity index (χ1n) is 11.8. The van der Waals surface area contributed by atoms with Crippen LogP contribution >= 0.6 is 7.82 Å². The van der Waals surface area contributed by atoms with E-state index in [0.717, 1.165) is 47.9 Å². The van der Waals surface area contributed by atoms with E-state index in [2.05, 4.69) is 12.1 Å². The van der Waals surface area contributed by atoms with E-state index in [1.165, 1.54) is 38.5 Å². The molecule has 2 aliphatic carbocycles. The molecule has 2 saturated carbocycles. The summed E-state index contributed by atoms with van der Waals surface area (Å²) < 4.78 is 24.5. The fourth-order valence-corrected chi connectivity index (χ4v) is 6.10. The molecule has 2 aromatic carbocycles. The van der Waals surface area contributed by atoms with Gasteiger partial charge in [0.25, 0.3) is 0 Å². The first-order chi connectivity index (χ1) is 14.9. The zero-order valence-corrected chi connectivity index (χ0v) is 19.7. The SMILES string of the molecule is Cc1ccc(OP(=O)(O)Oc2ccc(C)cc2C2CCCCC2)c(C2CCCCC2)c1. The van der Waals surface area contributed by atoms with Crippen molar-refractivity contribution in [2.45, 2.75) is 89.9 Å². The highest BCUT2D eigenvalue weighted by Crippen LogP contribution is 2.50. The zero-order chi connectivity index (χ0) is 21.8. The van der Waals surface area contributed by atoms with Crippen LogP contribution in [0.1, 0.15) is 98.3 Å². The van der Waals surface area contributed by atoms with Crippen molar-refractivity contribution in [2.75, 3.05) is 0 Å². The summed E-state index contributed by atoms with van der Waals surface area (Å²) in [5.74, 6) is 1.71. The summed E-state index contributed by atoms with van der Waals surface area (Å²) in [5.41, 5.74) is 4.35. The summed E-state index contributed by atoms with van der Waals surface area (Å²) in [6, 6.07) is 11.7. The van der Waals surface area contributed by atoms with Gasteiger partial charge in [0, 0.05) is 0 Å². The average molecular weight is 443 g/mol. The first-order valence-corrected chi connectivity index (χ1v) is 13.3. The molecule has 0 saturated heterocycles. The monoisotopic (exact) mass is 442 g/mol. The van der Waals surface area contributed by atoms with Gasteiger partial charge >= 0.3 is 7.82 Å². The van der Waals surface area contributed by atoms with Crippen molar-refractivity contribution >= 4 is 7.82 Å². The number of aryl methyl sites for hydroxylation is 2. The second-order valence-corrected chi connectivity index (χ2v) is 10.7. The van der Waals surface area contributed by atoms with Crippen LogP contribution in [0.3, 0.4) is 0 Å². The molecule has 2 aliphatic rings. The minimum Gasteiger partial charge on any atom is -0.395 e. The topological polar surface area (TPSA) is 55.8 Å². The molecule has 168 valence electrons. The lowest BCUT2D eigenvalue weighted by Gasteiger charge is -2.27. The van der Waals surface area contributed by atoms with Gasteiger partial charge in [0.1, 0.15) is 11.5 Å². The van der Waals surface area contributed by atoms with Crippen LogP contribution in [-0.4, -0.2) is 4.89 Å². The van der Waals surface area contributed by atoms with Crippen molar-refractivity contribution in [2.24, 2.45) is 0 Å². The van der Waals surface area contributed by atoms with E-state index in [9.17, 15) is 9.46 Å². The third-order valence-corrected chi connectivity index (χ3v) is 7.70. The fourth-order valence-electron chi connectivity index (χ4n) is 5.23. The van der Waals surface area contributed by atoms with Gasteiger partial charge in [-0.2, -0.15) is 0 Å². The Morgan fingerprint density at radius 1 is 0.710 bits per heavy atom. The van der Waals surface area contributed by atoms with Gasteiger partial charge < -0.3 is 9.05 Å². The number of benzene rings is 2. The Morgan fingerprint density at radius 2 is 1.10 bits per heavy atom. The Morgan fingerprint density at radius 3 is 1.48 bits per heavy atom. The zero-order valence-electron chi connectivity index (χ0n) is 18.8. The number of phosphoric acid groups is 1. The van der Waals surface area contributed by atoms with E-state index in [0.29, 0.717) is 23.3 Å². The van der Waals surface area contributed by atoms with Crippen LogP contribution in [0.4, 0.5) is 0 Å². The highest BCUT2D eigenvalue weighted by atomic mass is 31.2. The van der Waals surface area contributed by atoms with Crippen molar-refractivity contribution in [1.82, 2.24) is 0 Å². The Hall–Kier alpha value is -1.77. The fraction of sp³-hybridized carbons (Fsp3) is 0.538. The van der Waals surface area contributed by atoms with E-state index in [4.69, 9.17) is 9.05 Å². The van der Waals surface area contributed by atoms with E-state index in [1.54, 1.807) is 0 Å². The number of hydrogen-bond donors (Lipinski definition) is 1. The number of hydrogen-bond acceptors (Lipinski definition) is 3. The minimum atomic E-state index is -4.32. The predicted molar refractivity (Wildman–Crippen MR) is 125 cm³/mol. The van der Waals surface area contributed by atoms with Gasteiger partial charge in [-0.05, 0) is 74.6 Å². The highest BCUT2D eigenvalue weighted by Gasteiger charge is 2.31. The summed E-state index contributed by atoms with van der Waals surface area (Å²) in [6.45, 7) is 4.10. The number of rotatable bonds is 6. The molecule has 2 aromatic rings. The molecule has 31 heavy (non-hydrogen) atoms. The van der Waals surface area contributed by atoms with Crippen LogP contribution in [0.5, 0.6) is 11.5 Å². The first kappa shape index (κ1) is 22.4. The molecule has 4 rings (SSSR count). The van der Waals surface area contributed by atoms with Crippen molar-refractivity contribution in [3.8, 4) is 11.5 Å². The molecule has 4 nitrogen and oxygen atoms in total. The molecule has 2 fully saturated rings. The van der Waals surface area contributed by atoms with E-state index < -0.39 is 7.82 Å². The molecule has 5 heteroatoms. The maximum atomic E-state index is 13.1. The van der Waals surface area contributed by atoms with Crippen molar-refractivity contribution in [1.29, 1.82) is 0 Å². The molecule has 0 unspecified atom stereocenters. The summed E-state index contributed by atoms with van der Waals surface area (Å²) in [7, 11) is -4.32. The van der Waals surface area contributed by atoms with Crippen LogP contribution in [0.15, 0.2) is 36.4 Å². The van der Waals surface area contributed by atoms with Crippen molar-refractivity contribution in [3.05, 3.63) is 58.7 Å². The largest absolute Gasteiger partial charge is 0.584 e. The molecular weight excluding hydrogens is 407 g/mol. The van der Waals surface area contributed by atoms with Gasteiger partial charge in [-0.3, -0.25) is 4.89 Å². The van der Waals surface area contributed by atoms with Crippen molar-refractivity contribution < 1.29 is 18.5 Å². The van der Waals surface area contributed by atoms with E-state index in [-0.39, 0.29) is 0 Å². The standard InChI is InChI=1S/C26H35O4P/c1-19-13-15-25(23(17-19)21-9-5-3-6-10-21)29-31(27,28)30-26-16-14-20(2)18-24(26)22-11-7-4-8-12-22/h13-18,21-22H,3-12H2,1-2H3,(H,27,28).